The van der Waals surface area contributed by atoms with Crippen LogP contribution in [-0.4, -0.2) is 14.2 Å². The third-order valence-electron chi connectivity index (χ3n) is 2.80. The van der Waals surface area contributed by atoms with Crippen LogP contribution >= 0.6 is 27.7 Å². The Balaban J connectivity index is 2.10. The summed E-state index contributed by atoms with van der Waals surface area (Å²) in [6.45, 7) is 0. The lowest BCUT2D eigenvalue weighted by atomic mass is 10.2. The number of anilines is 1. The van der Waals surface area contributed by atoms with Crippen LogP contribution in [0.25, 0.3) is 0 Å². The summed E-state index contributed by atoms with van der Waals surface area (Å²) in [4.78, 5) is 1.16. The highest BCUT2D eigenvalue weighted by molar-refractivity contribution is 9.10. The number of rotatable bonds is 5. The van der Waals surface area contributed by atoms with Crippen molar-refractivity contribution < 1.29 is 9.47 Å². The van der Waals surface area contributed by atoms with E-state index >= 15 is 0 Å². The molecule has 2 aromatic carbocycles. The van der Waals surface area contributed by atoms with Gasteiger partial charge < -0.3 is 15.2 Å². The van der Waals surface area contributed by atoms with E-state index in [-0.39, 0.29) is 0 Å². The second kappa shape index (κ2) is 6.90. The van der Waals surface area contributed by atoms with Gasteiger partial charge in [-0.3, -0.25) is 0 Å². The molecule has 0 fully saturated rings. The molecule has 0 saturated heterocycles. The highest BCUT2D eigenvalue weighted by Crippen LogP contribution is 2.34. The van der Waals surface area contributed by atoms with Gasteiger partial charge in [-0.05, 0) is 51.8 Å². The van der Waals surface area contributed by atoms with Gasteiger partial charge in [0.1, 0.15) is 0 Å². The number of halogens is 1. The number of benzene rings is 2. The van der Waals surface area contributed by atoms with Crippen LogP contribution in [0.4, 0.5) is 5.69 Å². The van der Waals surface area contributed by atoms with E-state index in [0.29, 0.717) is 0 Å². The molecule has 5 heteroatoms. The van der Waals surface area contributed by atoms with E-state index in [0.717, 1.165) is 32.3 Å². The van der Waals surface area contributed by atoms with Gasteiger partial charge >= 0.3 is 0 Å². The van der Waals surface area contributed by atoms with Crippen LogP contribution in [0.2, 0.25) is 0 Å². The van der Waals surface area contributed by atoms with Crippen molar-refractivity contribution >= 4 is 33.4 Å². The molecule has 0 saturated carbocycles. The molecule has 0 atom stereocenters. The lowest BCUT2D eigenvalue weighted by molar-refractivity contribution is 0.354. The molecule has 0 spiro atoms. The lowest BCUT2D eigenvalue weighted by Crippen LogP contribution is -1.92. The van der Waals surface area contributed by atoms with Gasteiger partial charge in [0, 0.05) is 20.8 Å². The fourth-order valence-corrected chi connectivity index (χ4v) is 3.37. The number of methoxy groups -OCH3 is 2. The average Bonchev–Trinajstić information content (AvgIpc) is 2.46. The van der Waals surface area contributed by atoms with Gasteiger partial charge in [-0.25, -0.2) is 0 Å². The van der Waals surface area contributed by atoms with Gasteiger partial charge in [-0.1, -0.05) is 6.07 Å². The first-order valence-electron chi connectivity index (χ1n) is 6.02. The van der Waals surface area contributed by atoms with Crippen molar-refractivity contribution in [2.24, 2.45) is 0 Å². The average molecular weight is 354 g/mol. The molecule has 0 amide bonds. The monoisotopic (exact) mass is 353 g/mol. The van der Waals surface area contributed by atoms with Crippen molar-refractivity contribution in [1.29, 1.82) is 0 Å². The van der Waals surface area contributed by atoms with E-state index in [1.54, 1.807) is 26.0 Å². The molecule has 2 rings (SSSR count). The maximum atomic E-state index is 5.73. The van der Waals surface area contributed by atoms with E-state index in [1.807, 2.05) is 36.4 Å². The molecule has 0 aliphatic rings. The molecule has 0 unspecified atom stereocenters. The van der Waals surface area contributed by atoms with Crippen LogP contribution in [0.15, 0.2) is 45.8 Å². The van der Waals surface area contributed by atoms with Gasteiger partial charge in [0.05, 0.1) is 14.2 Å². The lowest BCUT2D eigenvalue weighted by Gasteiger charge is -2.10. The Morgan fingerprint density at radius 3 is 2.45 bits per heavy atom. The van der Waals surface area contributed by atoms with Crippen LogP contribution in [0, 0.1) is 0 Å². The molecule has 2 N–H and O–H groups in total. The molecule has 2 aromatic rings. The highest BCUT2D eigenvalue weighted by Gasteiger charge is 2.06. The summed E-state index contributed by atoms with van der Waals surface area (Å²) in [5.74, 6) is 2.35. The van der Waals surface area contributed by atoms with E-state index < -0.39 is 0 Å². The van der Waals surface area contributed by atoms with Gasteiger partial charge in [-0.15, -0.1) is 11.8 Å². The number of nitrogen functional groups attached to an aromatic ring is 1. The quantitative estimate of drug-likeness (QED) is 0.641. The Labute approximate surface area is 131 Å². The Bertz CT molecular complexity index is 604. The molecule has 20 heavy (non-hydrogen) atoms. The molecular weight excluding hydrogens is 338 g/mol. The first-order chi connectivity index (χ1) is 9.63. The first-order valence-corrected chi connectivity index (χ1v) is 7.80. The van der Waals surface area contributed by atoms with Gasteiger partial charge in [0.2, 0.25) is 0 Å². The normalized spacial score (nSPS) is 10.3. The Hall–Kier alpha value is -1.33. The fraction of sp³-hybridized carbons (Fsp3) is 0.200. The van der Waals surface area contributed by atoms with E-state index in [1.165, 1.54) is 5.56 Å². The van der Waals surface area contributed by atoms with Gasteiger partial charge in [-0.2, -0.15) is 0 Å². The smallest absolute Gasteiger partial charge is 0.161 e. The zero-order valence-corrected chi connectivity index (χ0v) is 13.8. The minimum absolute atomic E-state index is 0.745. The second-order valence-electron chi connectivity index (χ2n) is 4.17. The molecule has 0 aliphatic heterocycles. The number of nitrogens with two attached hydrogens (primary N) is 1. The minimum Gasteiger partial charge on any atom is -0.493 e. The van der Waals surface area contributed by atoms with Crippen molar-refractivity contribution in [3.8, 4) is 11.5 Å². The van der Waals surface area contributed by atoms with E-state index in [4.69, 9.17) is 15.2 Å². The highest BCUT2D eigenvalue weighted by atomic mass is 79.9. The SMILES string of the molecule is COc1ccc(CSc2ccc(N)cc2Br)cc1OC. The van der Waals surface area contributed by atoms with Crippen LogP contribution in [0.1, 0.15) is 5.56 Å². The molecule has 0 aliphatic carbocycles. The molecule has 0 bridgehead atoms. The van der Waals surface area contributed by atoms with Gasteiger partial charge in [0.25, 0.3) is 0 Å². The molecule has 3 nitrogen and oxygen atoms in total. The zero-order valence-electron chi connectivity index (χ0n) is 11.4. The van der Waals surface area contributed by atoms with Crippen LogP contribution in [0.3, 0.4) is 0 Å². The van der Waals surface area contributed by atoms with Crippen molar-refractivity contribution in [3.05, 3.63) is 46.4 Å². The third-order valence-corrected chi connectivity index (χ3v) is 4.86. The molecular formula is C15H16BrNO2S. The topological polar surface area (TPSA) is 44.5 Å². The third kappa shape index (κ3) is 3.61. The second-order valence-corrected chi connectivity index (χ2v) is 6.04. The van der Waals surface area contributed by atoms with Crippen molar-refractivity contribution in [2.75, 3.05) is 20.0 Å². The molecule has 0 heterocycles. The van der Waals surface area contributed by atoms with Crippen LogP contribution in [-0.2, 0) is 5.75 Å². The maximum Gasteiger partial charge on any atom is 0.161 e. The fourth-order valence-electron chi connectivity index (χ4n) is 1.77. The number of ether oxygens (including phenoxy) is 2. The standard InChI is InChI=1S/C15H16BrNO2S/c1-18-13-5-3-10(7-14(13)19-2)9-20-15-6-4-11(17)8-12(15)16/h3-8H,9,17H2,1-2H3. The maximum absolute atomic E-state index is 5.73. The summed E-state index contributed by atoms with van der Waals surface area (Å²) in [5.41, 5.74) is 7.67. The zero-order chi connectivity index (χ0) is 14.5. The van der Waals surface area contributed by atoms with Crippen molar-refractivity contribution in [3.63, 3.8) is 0 Å². The van der Waals surface area contributed by atoms with Gasteiger partial charge in [0.15, 0.2) is 11.5 Å². The predicted molar refractivity (Wildman–Crippen MR) is 87.7 cm³/mol. The van der Waals surface area contributed by atoms with Crippen molar-refractivity contribution in [1.82, 2.24) is 0 Å². The summed E-state index contributed by atoms with van der Waals surface area (Å²) >= 11 is 5.27. The van der Waals surface area contributed by atoms with Crippen LogP contribution < -0.4 is 15.2 Å². The van der Waals surface area contributed by atoms with Crippen molar-refractivity contribution in [2.45, 2.75) is 10.6 Å². The van der Waals surface area contributed by atoms with E-state index in [2.05, 4.69) is 15.9 Å². The summed E-state index contributed by atoms with van der Waals surface area (Å²) in [6, 6.07) is 11.8. The minimum atomic E-state index is 0.745. The summed E-state index contributed by atoms with van der Waals surface area (Å²) in [6.07, 6.45) is 0. The Kier molecular flexibility index (Phi) is 5.20. The van der Waals surface area contributed by atoms with E-state index in [9.17, 15) is 0 Å². The Morgan fingerprint density at radius 1 is 1.05 bits per heavy atom. The number of hydrogen-bond acceptors (Lipinski definition) is 4. The largest absolute Gasteiger partial charge is 0.493 e. The number of hydrogen-bond donors (Lipinski definition) is 1. The summed E-state index contributed by atoms with van der Waals surface area (Å²) < 4.78 is 11.6. The molecule has 0 radical (unpaired) electrons. The summed E-state index contributed by atoms with van der Waals surface area (Å²) in [5, 5.41) is 0. The Morgan fingerprint density at radius 2 is 1.80 bits per heavy atom. The predicted octanol–water partition coefficient (Wildman–Crippen LogP) is 4.34. The molecule has 0 aromatic heterocycles. The first kappa shape index (κ1) is 15.1. The molecule has 106 valence electrons. The van der Waals surface area contributed by atoms with Crippen LogP contribution in [0.5, 0.6) is 11.5 Å². The summed E-state index contributed by atoms with van der Waals surface area (Å²) in [7, 11) is 3.28. The number of thioether (sulfide) groups is 1.